The van der Waals surface area contributed by atoms with E-state index in [0.717, 1.165) is 6.07 Å². The zero-order chi connectivity index (χ0) is 19.1. The van der Waals surface area contributed by atoms with Crippen molar-refractivity contribution in [2.24, 2.45) is 5.73 Å². The molecular formula is C20H20F2N2O2. The van der Waals surface area contributed by atoms with E-state index in [4.69, 9.17) is 10.5 Å². The Bertz CT molecular complexity index is 806. The molecule has 0 aliphatic carbocycles. The van der Waals surface area contributed by atoms with Gasteiger partial charge in [0.15, 0.2) is 0 Å². The molecule has 0 saturated heterocycles. The number of hydrogen-bond acceptors (Lipinski definition) is 3. The molecule has 0 spiro atoms. The number of halogens is 2. The number of nitrogens with two attached hydrogens (primary N) is 1. The number of hydrogen-bond donors (Lipinski definition) is 1. The van der Waals surface area contributed by atoms with Gasteiger partial charge in [0.1, 0.15) is 17.4 Å². The van der Waals surface area contributed by atoms with Gasteiger partial charge >= 0.3 is 0 Å². The van der Waals surface area contributed by atoms with Crippen molar-refractivity contribution < 1.29 is 18.3 Å². The molecule has 2 N–H and O–H groups in total. The van der Waals surface area contributed by atoms with E-state index in [-0.39, 0.29) is 18.9 Å². The van der Waals surface area contributed by atoms with Crippen molar-refractivity contribution in [3.05, 3.63) is 59.7 Å². The fraction of sp³-hybridized carbons (Fsp3) is 0.250. The highest BCUT2D eigenvalue weighted by atomic mass is 19.1. The third-order valence-corrected chi connectivity index (χ3v) is 3.76. The minimum absolute atomic E-state index is 0.0136. The minimum atomic E-state index is -0.961. The molecule has 1 amide bonds. The second-order valence-electron chi connectivity index (χ2n) is 5.64. The maximum absolute atomic E-state index is 13.3. The number of rotatable bonds is 6. The largest absolute Gasteiger partial charge is 0.497 e. The van der Waals surface area contributed by atoms with Gasteiger partial charge in [-0.25, -0.2) is 8.78 Å². The normalized spacial score (nSPS) is 11.3. The van der Waals surface area contributed by atoms with Crippen molar-refractivity contribution in [3.63, 3.8) is 0 Å². The predicted molar refractivity (Wildman–Crippen MR) is 96.8 cm³/mol. The van der Waals surface area contributed by atoms with Gasteiger partial charge in [-0.1, -0.05) is 5.92 Å². The SMILES string of the molecule is CC#CCN(C(=O)[C@@H](N)Cc1cc(F)cc(F)c1)c1ccc(OC)cc1. The molecular weight excluding hydrogens is 338 g/mol. The van der Waals surface area contributed by atoms with E-state index >= 15 is 0 Å². The van der Waals surface area contributed by atoms with Crippen LogP contribution in [-0.4, -0.2) is 25.6 Å². The van der Waals surface area contributed by atoms with E-state index in [9.17, 15) is 13.6 Å². The van der Waals surface area contributed by atoms with Crippen LogP contribution in [0.3, 0.4) is 0 Å². The van der Waals surface area contributed by atoms with Crippen LogP contribution < -0.4 is 15.4 Å². The lowest BCUT2D eigenvalue weighted by Gasteiger charge is -2.24. The van der Waals surface area contributed by atoms with E-state index in [1.54, 1.807) is 38.3 Å². The number of ether oxygens (including phenoxy) is 1. The Labute approximate surface area is 151 Å². The van der Waals surface area contributed by atoms with Crippen LogP contribution in [0.25, 0.3) is 0 Å². The fourth-order valence-corrected chi connectivity index (χ4v) is 2.49. The average molecular weight is 358 g/mol. The van der Waals surface area contributed by atoms with Crippen molar-refractivity contribution in [2.75, 3.05) is 18.6 Å². The van der Waals surface area contributed by atoms with Crippen molar-refractivity contribution in [1.29, 1.82) is 0 Å². The first-order chi connectivity index (χ1) is 12.4. The Balaban J connectivity index is 2.21. The Morgan fingerprint density at radius 3 is 2.35 bits per heavy atom. The number of anilines is 1. The van der Waals surface area contributed by atoms with Gasteiger partial charge in [-0.05, 0) is 55.3 Å². The lowest BCUT2D eigenvalue weighted by atomic mass is 10.0. The molecule has 6 heteroatoms. The Kier molecular flexibility index (Phi) is 6.70. The molecule has 2 aromatic carbocycles. The minimum Gasteiger partial charge on any atom is -0.497 e. The van der Waals surface area contributed by atoms with Gasteiger partial charge in [0, 0.05) is 11.8 Å². The summed E-state index contributed by atoms with van der Waals surface area (Å²) < 4.78 is 31.8. The Morgan fingerprint density at radius 2 is 1.81 bits per heavy atom. The van der Waals surface area contributed by atoms with Crippen LogP contribution in [0.4, 0.5) is 14.5 Å². The molecule has 4 nitrogen and oxygen atoms in total. The monoisotopic (exact) mass is 358 g/mol. The van der Waals surface area contributed by atoms with E-state index in [1.165, 1.54) is 17.0 Å². The summed E-state index contributed by atoms with van der Waals surface area (Å²) in [6, 6.07) is 9.05. The van der Waals surface area contributed by atoms with E-state index in [2.05, 4.69) is 11.8 Å². The third kappa shape index (κ3) is 5.04. The first kappa shape index (κ1) is 19.4. The van der Waals surface area contributed by atoms with Gasteiger partial charge in [-0.15, -0.1) is 5.92 Å². The number of nitrogens with zero attached hydrogens (tertiary/aromatic N) is 1. The molecule has 0 aliphatic heterocycles. The zero-order valence-electron chi connectivity index (χ0n) is 14.6. The van der Waals surface area contributed by atoms with E-state index < -0.39 is 17.7 Å². The summed E-state index contributed by atoms with van der Waals surface area (Å²) in [6.45, 7) is 1.83. The first-order valence-corrected chi connectivity index (χ1v) is 8.00. The molecule has 0 bridgehead atoms. The maximum Gasteiger partial charge on any atom is 0.245 e. The van der Waals surface area contributed by atoms with Gasteiger partial charge in [0.2, 0.25) is 5.91 Å². The van der Waals surface area contributed by atoms with Crippen LogP contribution in [0.5, 0.6) is 5.75 Å². The summed E-state index contributed by atoms with van der Waals surface area (Å²) in [5.74, 6) is 4.44. The molecule has 0 radical (unpaired) electrons. The molecule has 0 aromatic heterocycles. The van der Waals surface area contributed by atoms with Crippen LogP contribution in [0.1, 0.15) is 12.5 Å². The summed E-state index contributed by atoms with van der Waals surface area (Å²) in [5.41, 5.74) is 6.94. The molecule has 136 valence electrons. The smallest absolute Gasteiger partial charge is 0.245 e. The first-order valence-electron chi connectivity index (χ1n) is 8.00. The van der Waals surface area contributed by atoms with Crippen molar-refractivity contribution in [3.8, 4) is 17.6 Å². The standard InChI is InChI=1S/C20H20F2N2O2/c1-3-4-9-24(17-5-7-18(26-2)8-6-17)20(25)19(23)12-14-10-15(21)13-16(22)11-14/h5-8,10-11,13,19H,9,12,23H2,1-2H3/t19-/m0/s1. The van der Waals surface area contributed by atoms with Crippen LogP contribution in [0, 0.1) is 23.5 Å². The van der Waals surface area contributed by atoms with Gasteiger partial charge in [-0.3, -0.25) is 9.69 Å². The molecule has 0 aliphatic rings. The quantitative estimate of drug-likeness (QED) is 0.808. The highest BCUT2D eigenvalue weighted by molar-refractivity contribution is 5.97. The van der Waals surface area contributed by atoms with E-state index in [0.29, 0.717) is 17.0 Å². The Morgan fingerprint density at radius 1 is 1.19 bits per heavy atom. The topological polar surface area (TPSA) is 55.6 Å². The predicted octanol–water partition coefficient (Wildman–Crippen LogP) is 2.90. The van der Waals surface area contributed by atoms with Crippen molar-refractivity contribution >= 4 is 11.6 Å². The van der Waals surface area contributed by atoms with Gasteiger partial charge in [0.25, 0.3) is 0 Å². The average Bonchev–Trinajstić information content (AvgIpc) is 2.61. The van der Waals surface area contributed by atoms with Crippen LogP contribution in [0.15, 0.2) is 42.5 Å². The van der Waals surface area contributed by atoms with Crippen LogP contribution >= 0.6 is 0 Å². The molecule has 0 saturated carbocycles. The highest BCUT2D eigenvalue weighted by Crippen LogP contribution is 2.20. The zero-order valence-corrected chi connectivity index (χ0v) is 14.6. The number of carbonyl (C=O) groups is 1. The molecule has 0 unspecified atom stereocenters. The lowest BCUT2D eigenvalue weighted by Crippen LogP contribution is -2.45. The van der Waals surface area contributed by atoms with E-state index in [1.807, 2.05) is 0 Å². The van der Waals surface area contributed by atoms with Crippen molar-refractivity contribution in [2.45, 2.75) is 19.4 Å². The summed E-state index contributed by atoms with van der Waals surface area (Å²) in [6.07, 6.45) is 0.0136. The molecule has 2 rings (SSSR count). The number of methoxy groups -OCH3 is 1. The number of benzene rings is 2. The summed E-state index contributed by atoms with van der Waals surface area (Å²) in [7, 11) is 1.55. The van der Waals surface area contributed by atoms with Crippen LogP contribution in [-0.2, 0) is 11.2 Å². The number of carbonyl (C=O) groups excluding carboxylic acids is 1. The van der Waals surface area contributed by atoms with Gasteiger partial charge in [-0.2, -0.15) is 0 Å². The third-order valence-electron chi connectivity index (χ3n) is 3.76. The van der Waals surface area contributed by atoms with Crippen LogP contribution in [0.2, 0.25) is 0 Å². The maximum atomic E-state index is 13.3. The van der Waals surface area contributed by atoms with Crippen molar-refractivity contribution in [1.82, 2.24) is 0 Å². The molecule has 2 aromatic rings. The summed E-state index contributed by atoms with van der Waals surface area (Å²) >= 11 is 0. The van der Waals surface area contributed by atoms with Gasteiger partial charge < -0.3 is 10.5 Å². The highest BCUT2D eigenvalue weighted by Gasteiger charge is 2.22. The molecule has 0 fully saturated rings. The lowest BCUT2D eigenvalue weighted by molar-refractivity contribution is -0.119. The molecule has 0 heterocycles. The Hall–Kier alpha value is -2.91. The summed E-state index contributed by atoms with van der Waals surface area (Å²) in [5, 5.41) is 0. The van der Waals surface area contributed by atoms with Gasteiger partial charge in [0.05, 0.1) is 19.7 Å². The molecule has 1 atom stereocenters. The summed E-state index contributed by atoms with van der Waals surface area (Å²) in [4.78, 5) is 14.2. The second-order valence-corrected chi connectivity index (χ2v) is 5.64. The molecule has 26 heavy (non-hydrogen) atoms. The fourth-order valence-electron chi connectivity index (χ4n) is 2.49. The second kappa shape index (κ2) is 8.97. The number of amides is 1.